The number of hydrogen-bond acceptors (Lipinski definition) is 1. The largest absolute Gasteiger partial charge is 0.371 e. The third-order valence-electron chi connectivity index (χ3n) is 3.83. The van der Waals surface area contributed by atoms with Gasteiger partial charge in [-0.05, 0) is 36.3 Å². The molecule has 4 heteroatoms. The number of allylic oxidation sites excluding steroid dienone is 1. The third-order valence-corrected chi connectivity index (χ3v) is 4.95. The fraction of sp³-hybridized carbons (Fsp3) is 0.333. The lowest BCUT2D eigenvalue weighted by molar-refractivity contribution is 0.385. The van der Waals surface area contributed by atoms with E-state index in [1.54, 1.807) is 0 Å². The van der Waals surface area contributed by atoms with Crippen LogP contribution in [-0.2, 0) is 17.7 Å². The average molecular weight is 383 g/mol. The molecule has 0 N–H and O–H groups in total. The smallest absolute Gasteiger partial charge is 0.0988 e. The molecular formula is C15H13Br2NO. The lowest BCUT2D eigenvalue weighted by Gasteiger charge is -2.13. The minimum Gasteiger partial charge on any atom is -0.371 e. The van der Waals surface area contributed by atoms with Gasteiger partial charge in [-0.15, -0.1) is 0 Å². The number of epoxide rings is 1. The normalized spacial score (nSPS) is 24.7. The van der Waals surface area contributed by atoms with Gasteiger partial charge in [0.2, 0.25) is 0 Å². The summed E-state index contributed by atoms with van der Waals surface area (Å²) in [5, 5.41) is 1.36. The van der Waals surface area contributed by atoms with Gasteiger partial charge in [-0.1, -0.05) is 37.9 Å². The van der Waals surface area contributed by atoms with Crippen LogP contribution in [-0.4, -0.2) is 22.1 Å². The van der Waals surface area contributed by atoms with Crippen molar-refractivity contribution in [3.63, 3.8) is 0 Å². The maximum atomic E-state index is 5.40. The zero-order chi connectivity index (χ0) is 13.0. The minimum absolute atomic E-state index is 0.401. The zero-order valence-corrected chi connectivity index (χ0v) is 13.4. The van der Waals surface area contributed by atoms with Crippen molar-refractivity contribution in [2.24, 2.45) is 0 Å². The van der Waals surface area contributed by atoms with E-state index in [1.807, 2.05) is 0 Å². The van der Waals surface area contributed by atoms with Crippen LogP contribution in [0.4, 0.5) is 0 Å². The topological polar surface area (TPSA) is 17.5 Å². The predicted molar refractivity (Wildman–Crippen MR) is 84.8 cm³/mol. The first-order valence-corrected chi connectivity index (χ1v) is 8.18. The molecule has 2 atom stereocenters. The zero-order valence-electron chi connectivity index (χ0n) is 10.3. The molecule has 0 saturated carbocycles. The van der Waals surface area contributed by atoms with Crippen molar-refractivity contribution in [3.8, 4) is 0 Å². The summed E-state index contributed by atoms with van der Waals surface area (Å²) >= 11 is 7.29. The Morgan fingerprint density at radius 3 is 3.00 bits per heavy atom. The van der Waals surface area contributed by atoms with Crippen LogP contribution in [0.1, 0.15) is 11.3 Å². The highest BCUT2D eigenvalue weighted by molar-refractivity contribution is 9.10. The van der Waals surface area contributed by atoms with E-state index in [9.17, 15) is 0 Å². The number of aromatic nitrogens is 1. The maximum absolute atomic E-state index is 5.40. The van der Waals surface area contributed by atoms with Crippen LogP contribution < -0.4 is 0 Å². The highest BCUT2D eigenvalue weighted by atomic mass is 79.9. The van der Waals surface area contributed by atoms with Crippen molar-refractivity contribution in [1.82, 2.24) is 4.57 Å². The third kappa shape index (κ3) is 2.10. The number of ether oxygens (including phenoxy) is 1. The second-order valence-electron chi connectivity index (χ2n) is 5.17. The quantitative estimate of drug-likeness (QED) is 0.563. The van der Waals surface area contributed by atoms with E-state index in [4.69, 9.17) is 4.74 Å². The number of hydrogen-bond donors (Lipinski definition) is 0. The fourth-order valence-electron chi connectivity index (χ4n) is 2.85. The van der Waals surface area contributed by atoms with E-state index in [1.165, 1.54) is 22.2 Å². The summed E-state index contributed by atoms with van der Waals surface area (Å²) in [7, 11) is 0. The van der Waals surface area contributed by atoms with E-state index in [0.29, 0.717) is 10.9 Å². The van der Waals surface area contributed by atoms with Gasteiger partial charge in [-0.25, -0.2) is 0 Å². The van der Waals surface area contributed by atoms with Gasteiger partial charge in [-0.2, -0.15) is 0 Å². The number of halogens is 2. The molecule has 98 valence electrons. The molecule has 2 unspecified atom stereocenters. The van der Waals surface area contributed by atoms with Crippen molar-refractivity contribution in [1.29, 1.82) is 0 Å². The second-order valence-corrected chi connectivity index (χ2v) is 7.26. The summed E-state index contributed by atoms with van der Waals surface area (Å²) < 4.78 is 8.95. The summed E-state index contributed by atoms with van der Waals surface area (Å²) in [6.45, 7) is 1.86. The van der Waals surface area contributed by atoms with Gasteiger partial charge in [-0.3, -0.25) is 0 Å². The molecule has 1 aliphatic carbocycles. The molecule has 1 saturated heterocycles. The van der Waals surface area contributed by atoms with Crippen LogP contribution in [0.5, 0.6) is 0 Å². The first kappa shape index (κ1) is 12.2. The molecule has 2 heterocycles. The van der Waals surface area contributed by atoms with Gasteiger partial charge < -0.3 is 9.30 Å². The predicted octanol–water partition coefficient (Wildman–Crippen LogP) is 4.14. The molecule has 0 bridgehead atoms. The Balaban J connectivity index is 1.97. The van der Waals surface area contributed by atoms with E-state index in [2.05, 4.69) is 66.8 Å². The van der Waals surface area contributed by atoms with Crippen molar-refractivity contribution in [2.75, 3.05) is 6.61 Å². The minimum atomic E-state index is 0.401. The standard InChI is InChI=1S/C15H13Br2NO/c16-9-1-3-14-12(5-9)13-6-10(17)2-4-15(13)18(14)7-11-8-19-11/h1-5,10-11H,6-8H2. The summed E-state index contributed by atoms with van der Waals surface area (Å²) in [6.07, 6.45) is 5.94. The van der Waals surface area contributed by atoms with Gasteiger partial charge >= 0.3 is 0 Å². The SMILES string of the molecule is Brc1ccc2c(c1)c1c(n2CC2CO2)C=CC(Br)C1. The van der Waals surface area contributed by atoms with E-state index in [0.717, 1.165) is 24.0 Å². The molecule has 0 amide bonds. The van der Waals surface area contributed by atoms with Gasteiger partial charge in [0.25, 0.3) is 0 Å². The lowest BCUT2D eigenvalue weighted by atomic mass is 10.0. The van der Waals surface area contributed by atoms with Crippen molar-refractivity contribution < 1.29 is 4.74 Å². The van der Waals surface area contributed by atoms with Crippen molar-refractivity contribution >= 4 is 48.8 Å². The summed E-state index contributed by atoms with van der Waals surface area (Å²) in [5.41, 5.74) is 4.11. The van der Waals surface area contributed by atoms with Gasteiger partial charge in [0.05, 0.1) is 19.3 Å². The van der Waals surface area contributed by atoms with Gasteiger partial charge in [0.15, 0.2) is 0 Å². The summed E-state index contributed by atoms with van der Waals surface area (Å²) in [4.78, 5) is 0.440. The van der Waals surface area contributed by atoms with E-state index < -0.39 is 0 Å². The molecule has 2 aromatic rings. The summed E-state index contributed by atoms with van der Waals surface area (Å²) in [6, 6.07) is 6.56. The van der Waals surface area contributed by atoms with Crippen LogP contribution in [0, 0.1) is 0 Å². The Morgan fingerprint density at radius 1 is 1.37 bits per heavy atom. The molecule has 1 aliphatic heterocycles. The van der Waals surface area contributed by atoms with Crippen LogP contribution in [0.3, 0.4) is 0 Å². The van der Waals surface area contributed by atoms with E-state index in [-0.39, 0.29) is 0 Å². The van der Waals surface area contributed by atoms with Crippen molar-refractivity contribution in [3.05, 3.63) is 40.0 Å². The first-order valence-electron chi connectivity index (χ1n) is 6.47. The molecule has 1 aromatic carbocycles. The Morgan fingerprint density at radius 2 is 2.21 bits per heavy atom. The molecular weight excluding hydrogens is 370 g/mol. The van der Waals surface area contributed by atoms with E-state index >= 15 is 0 Å². The average Bonchev–Trinajstić information content (AvgIpc) is 3.16. The van der Waals surface area contributed by atoms with Crippen LogP contribution in [0.2, 0.25) is 0 Å². The molecule has 0 radical (unpaired) electrons. The number of nitrogens with zero attached hydrogens (tertiary/aromatic N) is 1. The van der Waals surface area contributed by atoms with Crippen LogP contribution in [0.15, 0.2) is 28.7 Å². The number of alkyl halides is 1. The van der Waals surface area contributed by atoms with Gasteiger partial charge in [0.1, 0.15) is 0 Å². The highest BCUT2D eigenvalue weighted by Crippen LogP contribution is 2.35. The molecule has 0 spiro atoms. The van der Waals surface area contributed by atoms with Gasteiger partial charge in [0, 0.05) is 25.9 Å². The Kier molecular flexibility index (Phi) is 2.87. The number of fused-ring (bicyclic) bond motifs is 3. The Bertz CT molecular complexity index is 685. The molecule has 2 nitrogen and oxygen atoms in total. The Hall–Kier alpha value is -0.580. The highest BCUT2D eigenvalue weighted by Gasteiger charge is 2.27. The molecule has 4 rings (SSSR count). The molecule has 19 heavy (non-hydrogen) atoms. The first-order chi connectivity index (χ1) is 9.22. The molecule has 1 fully saturated rings. The maximum Gasteiger partial charge on any atom is 0.0988 e. The number of rotatable bonds is 2. The molecule has 1 aromatic heterocycles. The van der Waals surface area contributed by atoms with Crippen LogP contribution in [0.25, 0.3) is 17.0 Å². The molecule has 2 aliphatic rings. The second kappa shape index (κ2) is 4.47. The van der Waals surface area contributed by atoms with Crippen molar-refractivity contribution in [2.45, 2.75) is 23.9 Å². The fourth-order valence-corrected chi connectivity index (χ4v) is 3.69. The monoisotopic (exact) mass is 381 g/mol. The summed E-state index contributed by atoms with van der Waals surface area (Å²) in [5.74, 6) is 0. The Labute approximate surface area is 128 Å². The van der Waals surface area contributed by atoms with Crippen LogP contribution >= 0.6 is 31.9 Å². The lowest BCUT2D eigenvalue weighted by Crippen LogP contribution is -2.10. The number of benzene rings is 1.